The summed E-state index contributed by atoms with van der Waals surface area (Å²) >= 11 is 0. The average molecular weight is 324 g/mol. The van der Waals surface area contributed by atoms with Crippen LogP contribution in [0.3, 0.4) is 0 Å². The lowest BCUT2D eigenvalue weighted by molar-refractivity contribution is -0.108. The van der Waals surface area contributed by atoms with Crippen molar-refractivity contribution < 1.29 is 9.18 Å². The predicted octanol–water partition coefficient (Wildman–Crippen LogP) is 3.36. The standard InChI is InChI=1S/C20H21FN2O/c21-18-5-1-15(2-6-18)10-12-23-20-8-4-17-13-16(3-7-19(17)20)9-11-22-14-24/h1-3,5-7,9,11,13-14,20,23H,4,8,10,12H2,(H,22,24)/b11-9+. The van der Waals surface area contributed by atoms with Gasteiger partial charge in [-0.25, -0.2) is 4.39 Å². The Labute approximate surface area is 141 Å². The summed E-state index contributed by atoms with van der Waals surface area (Å²) in [5, 5.41) is 6.13. The van der Waals surface area contributed by atoms with E-state index in [4.69, 9.17) is 0 Å². The van der Waals surface area contributed by atoms with Crippen LogP contribution in [0.25, 0.3) is 6.08 Å². The number of aryl methyl sites for hydroxylation is 1. The van der Waals surface area contributed by atoms with Crippen molar-refractivity contribution in [1.29, 1.82) is 0 Å². The molecule has 124 valence electrons. The van der Waals surface area contributed by atoms with E-state index in [0.717, 1.165) is 36.9 Å². The highest BCUT2D eigenvalue weighted by molar-refractivity contribution is 5.57. The Hall–Kier alpha value is -2.46. The topological polar surface area (TPSA) is 41.1 Å². The molecule has 0 radical (unpaired) electrons. The number of hydrogen-bond acceptors (Lipinski definition) is 2. The molecule has 1 aliphatic carbocycles. The molecule has 2 aromatic carbocycles. The zero-order valence-corrected chi connectivity index (χ0v) is 13.5. The summed E-state index contributed by atoms with van der Waals surface area (Å²) in [6, 6.07) is 13.5. The highest BCUT2D eigenvalue weighted by Gasteiger charge is 2.21. The van der Waals surface area contributed by atoms with Crippen LogP contribution < -0.4 is 10.6 Å². The number of carbonyl (C=O) groups is 1. The molecule has 0 saturated heterocycles. The number of amides is 1. The Morgan fingerprint density at radius 3 is 2.79 bits per heavy atom. The number of nitrogens with one attached hydrogen (secondary N) is 2. The molecule has 0 bridgehead atoms. The van der Waals surface area contributed by atoms with Gasteiger partial charge in [0.25, 0.3) is 0 Å². The van der Waals surface area contributed by atoms with Gasteiger partial charge in [0.15, 0.2) is 0 Å². The van der Waals surface area contributed by atoms with E-state index in [2.05, 4.69) is 28.8 Å². The van der Waals surface area contributed by atoms with Crippen LogP contribution in [0, 0.1) is 5.82 Å². The van der Waals surface area contributed by atoms with Crippen molar-refractivity contribution in [1.82, 2.24) is 10.6 Å². The first-order chi connectivity index (χ1) is 11.8. The molecule has 3 nitrogen and oxygen atoms in total. The third kappa shape index (κ3) is 4.09. The average Bonchev–Trinajstić information content (AvgIpc) is 2.99. The summed E-state index contributed by atoms with van der Waals surface area (Å²) in [4.78, 5) is 10.3. The third-order valence-corrected chi connectivity index (χ3v) is 4.40. The summed E-state index contributed by atoms with van der Waals surface area (Å²) < 4.78 is 12.9. The van der Waals surface area contributed by atoms with E-state index in [1.165, 1.54) is 23.3 Å². The van der Waals surface area contributed by atoms with Crippen molar-refractivity contribution in [2.75, 3.05) is 6.54 Å². The first-order valence-corrected chi connectivity index (χ1v) is 8.23. The molecule has 3 rings (SSSR count). The molecule has 4 heteroatoms. The molecule has 2 aromatic rings. The van der Waals surface area contributed by atoms with Gasteiger partial charge in [0.05, 0.1) is 0 Å². The summed E-state index contributed by atoms with van der Waals surface area (Å²) in [7, 11) is 0. The van der Waals surface area contributed by atoms with Gasteiger partial charge in [0, 0.05) is 12.2 Å². The molecule has 0 aliphatic heterocycles. The molecule has 0 spiro atoms. The molecule has 0 aromatic heterocycles. The third-order valence-electron chi connectivity index (χ3n) is 4.40. The number of benzene rings is 2. The largest absolute Gasteiger partial charge is 0.335 e. The highest BCUT2D eigenvalue weighted by atomic mass is 19.1. The first kappa shape index (κ1) is 16.4. The van der Waals surface area contributed by atoms with Gasteiger partial charge in [-0.2, -0.15) is 0 Å². The molecule has 0 saturated carbocycles. The van der Waals surface area contributed by atoms with Crippen molar-refractivity contribution in [3.05, 3.63) is 76.7 Å². The minimum atomic E-state index is -0.190. The Balaban J connectivity index is 1.56. The number of hydrogen-bond donors (Lipinski definition) is 2. The molecule has 0 heterocycles. The highest BCUT2D eigenvalue weighted by Crippen LogP contribution is 2.31. The SMILES string of the molecule is O=CN/C=C/c1ccc2c(c1)CCC2NCCc1ccc(F)cc1. The maximum absolute atomic E-state index is 12.9. The molecular weight excluding hydrogens is 303 g/mol. The Morgan fingerprint density at radius 2 is 2.00 bits per heavy atom. The minimum Gasteiger partial charge on any atom is -0.335 e. The quantitative estimate of drug-likeness (QED) is 0.767. The monoisotopic (exact) mass is 324 g/mol. The van der Waals surface area contributed by atoms with E-state index in [9.17, 15) is 9.18 Å². The van der Waals surface area contributed by atoms with Crippen LogP contribution in [-0.4, -0.2) is 13.0 Å². The molecular formula is C20H21FN2O. The lowest BCUT2D eigenvalue weighted by Gasteiger charge is -2.14. The van der Waals surface area contributed by atoms with Gasteiger partial charge in [-0.3, -0.25) is 4.79 Å². The lowest BCUT2D eigenvalue weighted by Crippen LogP contribution is -2.21. The van der Waals surface area contributed by atoms with E-state index in [0.29, 0.717) is 12.5 Å². The van der Waals surface area contributed by atoms with E-state index in [1.54, 1.807) is 6.20 Å². The van der Waals surface area contributed by atoms with Gasteiger partial charge >= 0.3 is 0 Å². The van der Waals surface area contributed by atoms with Crippen LogP contribution in [0.5, 0.6) is 0 Å². The predicted molar refractivity (Wildman–Crippen MR) is 93.8 cm³/mol. The molecule has 2 N–H and O–H groups in total. The fourth-order valence-corrected chi connectivity index (χ4v) is 3.18. The summed E-state index contributed by atoms with van der Waals surface area (Å²) in [6.07, 6.45) is 7.24. The second-order valence-electron chi connectivity index (χ2n) is 6.00. The van der Waals surface area contributed by atoms with Crippen LogP contribution in [0.15, 0.2) is 48.7 Å². The van der Waals surface area contributed by atoms with Gasteiger partial charge in [-0.05, 0) is 66.3 Å². The zero-order chi connectivity index (χ0) is 16.8. The van der Waals surface area contributed by atoms with E-state index in [1.807, 2.05) is 18.2 Å². The number of carbonyl (C=O) groups excluding carboxylic acids is 1. The van der Waals surface area contributed by atoms with Gasteiger partial charge in [0.2, 0.25) is 6.41 Å². The van der Waals surface area contributed by atoms with E-state index in [-0.39, 0.29) is 5.82 Å². The minimum absolute atomic E-state index is 0.190. The Morgan fingerprint density at radius 1 is 1.17 bits per heavy atom. The molecule has 1 aliphatic rings. The maximum atomic E-state index is 12.9. The molecule has 1 atom stereocenters. The molecule has 1 amide bonds. The normalized spacial score (nSPS) is 16.3. The van der Waals surface area contributed by atoms with Crippen molar-refractivity contribution in [2.45, 2.75) is 25.3 Å². The zero-order valence-electron chi connectivity index (χ0n) is 13.5. The van der Waals surface area contributed by atoms with Crippen LogP contribution in [-0.2, 0) is 17.6 Å². The van der Waals surface area contributed by atoms with Crippen LogP contribution in [0.2, 0.25) is 0 Å². The first-order valence-electron chi connectivity index (χ1n) is 8.23. The smallest absolute Gasteiger partial charge is 0.211 e. The Bertz CT molecular complexity index is 725. The molecule has 1 unspecified atom stereocenters. The number of rotatable bonds is 7. The van der Waals surface area contributed by atoms with Crippen molar-refractivity contribution in [2.24, 2.45) is 0 Å². The fourth-order valence-electron chi connectivity index (χ4n) is 3.18. The van der Waals surface area contributed by atoms with Crippen molar-refractivity contribution in [3.63, 3.8) is 0 Å². The second-order valence-corrected chi connectivity index (χ2v) is 6.00. The van der Waals surface area contributed by atoms with E-state index >= 15 is 0 Å². The van der Waals surface area contributed by atoms with Gasteiger partial charge in [-0.1, -0.05) is 30.3 Å². The fraction of sp³-hybridized carbons (Fsp3) is 0.250. The van der Waals surface area contributed by atoms with Crippen LogP contribution >= 0.6 is 0 Å². The van der Waals surface area contributed by atoms with Gasteiger partial charge in [0.1, 0.15) is 5.82 Å². The van der Waals surface area contributed by atoms with Crippen LogP contribution in [0.4, 0.5) is 4.39 Å². The number of fused-ring (bicyclic) bond motifs is 1. The van der Waals surface area contributed by atoms with Gasteiger partial charge < -0.3 is 10.6 Å². The number of halogens is 1. The van der Waals surface area contributed by atoms with Crippen LogP contribution in [0.1, 0.15) is 34.7 Å². The summed E-state index contributed by atoms with van der Waals surface area (Å²) in [5.74, 6) is -0.190. The molecule has 24 heavy (non-hydrogen) atoms. The summed E-state index contributed by atoms with van der Waals surface area (Å²) in [5.41, 5.74) is 4.96. The maximum Gasteiger partial charge on any atom is 0.211 e. The van der Waals surface area contributed by atoms with Gasteiger partial charge in [-0.15, -0.1) is 0 Å². The molecule has 0 fully saturated rings. The second kappa shape index (κ2) is 7.88. The summed E-state index contributed by atoms with van der Waals surface area (Å²) in [6.45, 7) is 0.876. The van der Waals surface area contributed by atoms with Crippen molar-refractivity contribution >= 4 is 12.5 Å². The van der Waals surface area contributed by atoms with E-state index < -0.39 is 0 Å². The van der Waals surface area contributed by atoms with Crippen molar-refractivity contribution in [3.8, 4) is 0 Å². The lowest BCUT2D eigenvalue weighted by atomic mass is 10.0. The Kier molecular flexibility index (Phi) is 5.39.